The summed E-state index contributed by atoms with van der Waals surface area (Å²) in [5.41, 5.74) is 2.00. The van der Waals surface area contributed by atoms with Crippen LogP contribution in [0.3, 0.4) is 0 Å². The molecule has 0 atom stereocenters. The fraction of sp³-hybridized carbons (Fsp3) is 0.0667. The van der Waals surface area contributed by atoms with Crippen LogP contribution in [0.1, 0.15) is 0 Å². The van der Waals surface area contributed by atoms with Crippen molar-refractivity contribution < 1.29 is 4.74 Å². The minimum atomic E-state index is 0.507. The van der Waals surface area contributed by atoms with E-state index in [4.69, 9.17) is 4.74 Å². The van der Waals surface area contributed by atoms with Gasteiger partial charge in [0, 0.05) is 5.69 Å². The predicted molar refractivity (Wildman–Crippen MR) is 71.9 cm³/mol. The number of rotatable bonds is 5. The van der Waals surface area contributed by atoms with E-state index in [0.717, 1.165) is 17.1 Å². The summed E-state index contributed by atoms with van der Waals surface area (Å²) in [7, 11) is 0. The van der Waals surface area contributed by atoms with Gasteiger partial charge in [0.05, 0.1) is 5.69 Å². The minimum absolute atomic E-state index is 0.507. The first-order valence-corrected chi connectivity index (χ1v) is 5.55. The van der Waals surface area contributed by atoms with Gasteiger partial charge < -0.3 is 10.1 Å². The average molecular weight is 225 g/mol. The molecule has 2 aromatic rings. The second-order valence-corrected chi connectivity index (χ2v) is 3.59. The van der Waals surface area contributed by atoms with E-state index < -0.39 is 0 Å². The molecule has 0 amide bonds. The number of hydrogen-bond acceptors (Lipinski definition) is 2. The molecule has 0 fully saturated rings. The Morgan fingerprint density at radius 1 is 1.00 bits per heavy atom. The van der Waals surface area contributed by atoms with Gasteiger partial charge in [-0.25, -0.2) is 0 Å². The second-order valence-electron chi connectivity index (χ2n) is 3.59. The van der Waals surface area contributed by atoms with E-state index in [1.165, 1.54) is 0 Å². The van der Waals surface area contributed by atoms with E-state index in [9.17, 15) is 0 Å². The van der Waals surface area contributed by atoms with Gasteiger partial charge in [-0.3, -0.25) is 0 Å². The van der Waals surface area contributed by atoms with Crippen LogP contribution < -0.4 is 10.1 Å². The van der Waals surface area contributed by atoms with Crippen molar-refractivity contribution in [1.82, 2.24) is 0 Å². The molecule has 0 saturated carbocycles. The molecule has 0 saturated heterocycles. The molecule has 0 aliphatic carbocycles. The second kappa shape index (κ2) is 5.75. The first-order valence-electron chi connectivity index (χ1n) is 5.55. The summed E-state index contributed by atoms with van der Waals surface area (Å²) < 4.78 is 5.58. The SMILES string of the molecule is C=CCOc1ccccc1Nc1ccccc1. The summed E-state index contributed by atoms with van der Waals surface area (Å²) in [5.74, 6) is 0.830. The standard InChI is InChI=1S/C15H15NO/c1-2-12-17-15-11-7-6-10-14(15)16-13-8-4-3-5-9-13/h2-11,16H,1,12H2. The molecule has 0 heterocycles. The average Bonchev–Trinajstić information content (AvgIpc) is 2.39. The van der Waals surface area contributed by atoms with Crippen LogP contribution in [0.4, 0.5) is 11.4 Å². The molecule has 0 spiro atoms. The van der Waals surface area contributed by atoms with Gasteiger partial charge in [0.15, 0.2) is 0 Å². The molecule has 2 rings (SSSR count). The maximum absolute atomic E-state index is 5.58. The lowest BCUT2D eigenvalue weighted by Gasteiger charge is -2.12. The van der Waals surface area contributed by atoms with Crippen LogP contribution in [0.25, 0.3) is 0 Å². The molecule has 0 unspecified atom stereocenters. The first-order chi connectivity index (χ1) is 8.40. The van der Waals surface area contributed by atoms with Gasteiger partial charge in [-0.15, -0.1) is 0 Å². The largest absolute Gasteiger partial charge is 0.487 e. The van der Waals surface area contributed by atoms with E-state index in [0.29, 0.717) is 6.61 Å². The summed E-state index contributed by atoms with van der Waals surface area (Å²) in [6.07, 6.45) is 1.74. The van der Waals surface area contributed by atoms with Crippen molar-refractivity contribution in [3.8, 4) is 5.75 Å². The molecule has 1 N–H and O–H groups in total. The lowest BCUT2D eigenvalue weighted by Crippen LogP contribution is -1.97. The third kappa shape index (κ3) is 3.11. The zero-order chi connectivity index (χ0) is 11.9. The topological polar surface area (TPSA) is 21.3 Å². The zero-order valence-corrected chi connectivity index (χ0v) is 9.60. The smallest absolute Gasteiger partial charge is 0.143 e. The third-order valence-corrected chi connectivity index (χ3v) is 2.30. The van der Waals surface area contributed by atoms with Crippen LogP contribution in [0.15, 0.2) is 67.3 Å². The number of ether oxygens (including phenoxy) is 1. The van der Waals surface area contributed by atoms with Gasteiger partial charge in [0.25, 0.3) is 0 Å². The number of benzene rings is 2. The lowest BCUT2D eigenvalue weighted by atomic mass is 10.2. The summed E-state index contributed by atoms with van der Waals surface area (Å²) in [4.78, 5) is 0. The molecule has 0 bridgehead atoms. The maximum atomic E-state index is 5.58. The molecule has 0 aliphatic rings. The lowest BCUT2D eigenvalue weighted by molar-refractivity contribution is 0.365. The predicted octanol–water partition coefficient (Wildman–Crippen LogP) is 4.00. The van der Waals surface area contributed by atoms with Crippen molar-refractivity contribution >= 4 is 11.4 Å². The number of hydrogen-bond donors (Lipinski definition) is 1. The Bertz CT molecular complexity index is 479. The Morgan fingerprint density at radius 2 is 1.71 bits per heavy atom. The summed E-state index contributed by atoms with van der Waals surface area (Å²) in [6.45, 7) is 4.15. The summed E-state index contributed by atoms with van der Waals surface area (Å²) >= 11 is 0. The van der Waals surface area contributed by atoms with Gasteiger partial charge >= 0.3 is 0 Å². The number of anilines is 2. The van der Waals surface area contributed by atoms with Crippen LogP contribution in [0, 0.1) is 0 Å². The zero-order valence-electron chi connectivity index (χ0n) is 9.60. The van der Waals surface area contributed by atoms with Crippen LogP contribution in [0.2, 0.25) is 0 Å². The molecule has 86 valence electrons. The highest BCUT2D eigenvalue weighted by Gasteiger charge is 2.01. The van der Waals surface area contributed by atoms with Crippen LogP contribution in [-0.2, 0) is 0 Å². The Kier molecular flexibility index (Phi) is 3.81. The van der Waals surface area contributed by atoms with Crippen LogP contribution >= 0.6 is 0 Å². The van der Waals surface area contributed by atoms with E-state index >= 15 is 0 Å². The fourth-order valence-corrected chi connectivity index (χ4v) is 1.52. The molecule has 0 aliphatic heterocycles. The number of para-hydroxylation sites is 3. The summed E-state index contributed by atoms with van der Waals surface area (Å²) in [5, 5.41) is 3.32. The normalized spacial score (nSPS) is 9.65. The molecule has 17 heavy (non-hydrogen) atoms. The molecule has 0 radical (unpaired) electrons. The Labute approximate surface area is 102 Å². The van der Waals surface area contributed by atoms with Crippen molar-refractivity contribution in [1.29, 1.82) is 0 Å². The van der Waals surface area contributed by atoms with Crippen LogP contribution in [-0.4, -0.2) is 6.61 Å². The Hall–Kier alpha value is -2.22. The minimum Gasteiger partial charge on any atom is -0.487 e. The van der Waals surface area contributed by atoms with Crippen molar-refractivity contribution in [3.05, 3.63) is 67.3 Å². The molecular weight excluding hydrogens is 210 g/mol. The maximum Gasteiger partial charge on any atom is 0.143 e. The summed E-state index contributed by atoms with van der Waals surface area (Å²) in [6, 6.07) is 17.9. The van der Waals surface area contributed by atoms with E-state index in [-0.39, 0.29) is 0 Å². The highest BCUT2D eigenvalue weighted by Crippen LogP contribution is 2.27. The van der Waals surface area contributed by atoms with E-state index in [2.05, 4.69) is 11.9 Å². The van der Waals surface area contributed by atoms with Gasteiger partial charge in [-0.2, -0.15) is 0 Å². The first kappa shape index (κ1) is 11.3. The van der Waals surface area contributed by atoms with Crippen molar-refractivity contribution in [3.63, 3.8) is 0 Å². The highest BCUT2D eigenvalue weighted by atomic mass is 16.5. The monoisotopic (exact) mass is 225 g/mol. The molecular formula is C15H15NO. The van der Waals surface area contributed by atoms with Gasteiger partial charge in [0.2, 0.25) is 0 Å². The fourth-order valence-electron chi connectivity index (χ4n) is 1.52. The Morgan fingerprint density at radius 3 is 2.47 bits per heavy atom. The van der Waals surface area contributed by atoms with Crippen LogP contribution in [0.5, 0.6) is 5.75 Å². The van der Waals surface area contributed by atoms with Gasteiger partial charge in [-0.05, 0) is 24.3 Å². The van der Waals surface area contributed by atoms with Crippen molar-refractivity contribution in [2.75, 3.05) is 11.9 Å². The van der Waals surface area contributed by atoms with Crippen molar-refractivity contribution in [2.24, 2.45) is 0 Å². The number of nitrogens with one attached hydrogen (secondary N) is 1. The highest BCUT2D eigenvalue weighted by molar-refractivity contribution is 5.65. The molecule has 2 nitrogen and oxygen atoms in total. The molecule has 2 heteroatoms. The Balaban J connectivity index is 2.17. The quantitative estimate of drug-likeness (QED) is 0.777. The molecule has 2 aromatic carbocycles. The van der Waals surface area contributed by atoms with E-state index in [1.807, 2.05) is 54.6 Å². The van der Waals surface area contributed by atoms with E-state index in [1.54, 1.807) is 6.08 Å². The molecule has 0 aromatic heterocycles. The third-order valence-electron chi connectivity index (χ3n) is 2.30. The van der Waals surface area contributed by atoms with Gasteiger partial charge in [0.1, 0.15) is 12.4 Å². The van der Waals surface area contributed by atoms with Gasteiger partial charge in [-0.1, -0.05) is 43.0 Å². The van der Waals surface area contributed by atoms with Crippen molar-refractivity contribution in [2.45, 2.75) is 0 Å².